The Morgan fingerprint density at radius 2 is 1.35 bits per heavy atom. The van der Waals surface area contributed by atoms with Gasteiger partial charge in [-0.2, -0.15) is 0 Å². The van der Waals surface area contributed by atoms with Crippen molar-refractivity contribution in [3.05, 3.63) is 0 Å². The first-order chi connectivity index (χ1) is 9.50. The van der Waals surface area contributed by atoms with Gasteiger partial charge in [0.2, 0.25) is 0 Å². The van der Waals surface area contributed by atoms with Gasteiger partial charge in [-0.25, -0.2) is 0 Å². The lowest BCUT2D eigenvalue weighted by Gasteiger charge is -2.34. The lowest BCUT2D eigenvalue weighted by atomic mass is 9.71. The molecule has 0 heterocycles. The highest BCUT2D eigenvalue weighted by molar-refractivity contribution is 4.99. The number of hydrogen-bond acceptors (Lipinski definition) is 1. The highest BCUT2D eigenvalue weighted by Crippen LogP contribution is 2.58. The van der Waals surface area contributed by atoms with Crippen molar-refractivity contribution in [1.29, 1.82) is 0 Å². The Morgan fingerprint density at radius 1 is 0.850 bits per heavy atom. The van der Waals surface area contributed by atoms with Gasteiger partial charge in [0.1, 0.15) is 0 Å². The largest absolute Gasteiger partial charge is 0.400 e. The molecule has 122 valence electrons. The minimum atomic E-state index is 0.571. The smallest absolute Gasteiger partial charge is 0.0319 e. The highest BCUT2D eigenvalue weighted by Gasteiger charge is 2.51. The van der Waals surface area contributed by atoms with E-state index in [9.17, 15) is 0 Å². The van der Waals surface area contributed by atoms with Gasteiger partial charge in [0.05, 0.1) is 0 Å². The van der Waals surface area contributed by atoms with Crippen LogP contribution in [0.25, 0.3) is 0 Å². The minimum Gasteiger partial charge on any atom is -0.400 e. The molecule has 4 atom stereocenters. The molecule has 4 unspecified atom stereocenters. The number of unbranched alkanes of at least 4 members (excludes halogenated alkanes) is 2. The molecule has 1 aliphatic rings. The number of aliphatic hydroxyl groups excluding tert-OH is 1. The summed E-state index contributed by atoms with van der Waals surface area (Å²) in [6, 6.07) is 0. The fourth-order valence-electron chi connectivity index (χ4n) is 4.96. The zero-order chi connectivity index (χ0) is 15.8. The zero-order valence-electron chi connectivity index (χ0n) is 15.2. The average Bonchev–Trinajstić information content (AvgIpc) is 2.62. The maximum atomic E-state index is 7.00. The molecule has 1 heteroatoms. The van der Waals surface area contributed by atoms with Crippen LogP contribution < -0.4 is 0 Å². The van der Waals surface area contributed by atoms with E-state index in [4.69, 9.17) is 5.11 Å². The average molecular weight is 285 g/mol. The van der Waals surface area contributed by atoms with Crippen LogP contribution in [0.2, 0.25) is 0 Å². The molecule has 1 fully saturated rings. The lowest BCUT2D eigenvalue weighted by Crippen LogP contribution is -2.26. The maximum absolute atomic E-state index is 7.00. The molecule has 0 amide bonds. The second-order valence-corrected chi connectivity index (χ2v) is 7.25. The fraction of sp³-hybridized carbons (Fsp3) is 1.00. The Balaban J connectivity index is 0.00000172. The van der Waals surface area contributed by atoms with Gasteiger partial charge in [-0.05, 0) is 41.9 Å². The SMILES string of the molecule is CCCCC1C(C)C(CCCC)C(C)(C)C1CC.CO. The van der Waals surface area contributed by atoms with Crippen molar-refractivity contribution < 1.29 is 5.11 Å². The minimum absolute atomic E-state index is 0.571. The summed E-state index contributed by atoms with van der Waals surface area (Å²) in [6.07, 6.45) is 9.90. The summed E-state index contributed by atoms with van der Waals surface area (Å²) >= 11 is 0. The third kappa shape index (κ3) is 4.48. The molecule has 1 N–H and O–H groups in total. The molecule has 0 saturated heterocycles. The van der Waals surface area contributed by atoms with Crippen molar-refractivity contribution in [2.45, 2.75) is 86.5 Å². The fourth-order valence-corrected chi connectivity index (χ4v) is 4.96. The first kappa shape index (κ1) is 20.0. The van der Waals surface area contributed by atoms with Crippen molar-refractivity contribution >= 4 is 0 Å². The van der Waals surface area contributed by atoms with E-state index in [-0.39, 0.29) is 0 Å². The molecule has 20 heavy (non-hydrogen) atoms. The summed E-state index contributed by atoms with van der Waals surface area (Å²) in [7, 11) is 1.00. The lowest BCUT2D eigenvalue weighted by molar-refractivity contribution is 0.149. The molecular weight excluding hydrogens is 244 g/mol. The predicted molar refractivity (Wildman–Crippen MR) is 90.9 cm³/mol. The molecular formula is C19H40O. The summed E-state index contributed by atoms with van der Waals surface area (Å²) in [4.78, 5) is 0. The second kappa shape index (κ2) is 9.82. The van der Waals surface area contributed by atoms with E-state index in [2.05, 4.69) is 41.5 Å². The van der Waals surface area contributed by atoms with E-state index in [0.29, 0.717) is 5.41 Å². The van der Waals surface area contributed by atoms with Gasteiger partial charge < -0.3 is 5.11 Å². The van der Waals surface area contributed by atoms with Crippen LogP contribution in [-0.4, -0.2) is 12.2 Å². The topological polar surface area (TPSA) is 20.2 Å². The van der Waals surface area contributed by atoms with Crippen molar-refractivity contribution in [3.63, 3.8) is 0 Å². The number of rotatable bonds is 7. The van der Waals surface area contributed by atoms with E-state index in [0.717, 1.165) is 30.8 Å². The second-order valence-electron chi connectivity index (χ2n) is 7.25. The van der Waals surface area contributed by atoms with Crippen LogP contribution in [0.1, 0.15) is 86.5 Å². The Hall–Kier alpha value is -0.0400. The Bertz CT molecular complexity index is 234. The van der Waals surface area contributed by atoms with Crippen LogP contribution in [0, 0.1) is 29.1 Å². The van der Waals surface area contributed by atoms with Crippen molar-refractivity contribution in [2.24, 2.45) is 29.1 Å². The summed E-state index contributed by atoms with van der Waals surface area (Å²) in [6.45, 7) is 14.8. The molecule has 0 spiro atoms. The third-order valence-corrected chi connectivity index (χ3v) is 5.94. The summed E-state index contributed by atoms with van der Waals surface area (Å²) in [5, 5.41) is 7.00. The van der Waals surface area contributed by atoms with Crippen LogP contribution in [-0.2, 0) is 0 Å². The molecule has 1 rings (SSSR count). The number of hydrogen-bond donors (Lipinski definition) is 1. The van der Waals surface area contributed by atoms with Crippen molar-refractivity contribution in [1.82, 2.24) is 0 Å². The molecule has 0 aromatic carbocycles. The third-order valence-electron chi connectivity index (χ3n) is 5.94. The summed E-state index contributed by atoms with van der Waals surface area (Å²) < 4.78 is 0. The summed E-state index contributed by atoms with van der Waals surface area (Å²) in [5.74, 6) is 3.86. The normalized spacial score (nSPS) is 31.8. The van der Waals surface area contributed by atoms with E-state index in [1.165, 1.54) is 44.9 Å². The first-order valence-corrected chi connectivity index (χ1v) is 8.95. The number of aliphatic hydroxyl groups is 1. The van der Waals surface area contributed by atoms with Gasteiger partial charge in [0, 0.05) is 7.11 Å². The van der Waals surface area contributed by atoms with E-state index in [1.807, 2.05) is 0 Å². The van der Waals surface area contributed by atoms with Crippen LogP contribution >= 0.6 is 0 Å². The van der Waals surface area contributed by atoms with Crippen molar-refractivity contribution in [3.8, 4) is 0 Å². The van der Waals surface area contributed by atoms with Gasteiger partial charge in [-0.3, -0.25) is 0 Å². The van der Waals surface area contributed by atoms with Gasteiger partial charge in [-0.15, -0.1) is 0 Å². The molecule has 0 radical (unpaired) electrons. The summed E-state index contributed by atoms with van der Waals surface area (Å²) in [5.41, 5.74) is 0.571. The standard InChI is InChI=1S/C18H36.CH4O/c1-7-10-12-15-14(4)17(13-11-8-2)18(5,6)16(15)9-3;1-2/h14-17H,7-13H2,1-6H3;2H,1H3. The Labute approximate surface area is 128 Å². The molecule has 1 aliphatic carbocycles. The van der Waals surface area contributed by atoms with Gasteiger partial charge in [0.25, 0.3) is 0 Å². The van der Waals surface area contributed by atoms with E-state index >= 15 is 0 Å². The predicted octanol–water partition coefficient (Wildman–Crippen LogP) is 5.91. The van der Waals surface area contributed by atoms with Crippen LogP contribution in [0.4, 0.5) is 0 Å². The van der Waals surface area contributed by atoms with Crippen LogP contribution in [0.5, 0.6) is 0 Å². The maximum Gasteiger partial charge on any atom is 0.0319 e. The van der Waals surface area contributed by atoms with E-state index in [1.54, 1.807) is 0 Å². The molecule has 0 bridgehead atoms. The molecule has 1 saturated carbocycles. The first-order valence-electron chi connectivity index (χ1n) is 8.95. The van der Waals surface area contributed by atoms with Gasteiger partial charge in [-0.1, -0.05) is 73.6 Å². The Kier molecular flexibility index (Phi) is 9.80. The van der Waals surface area contributed by atoms with E-state index < -0.39 is 0 Å². The molecule has 1 nitrogen and oxygen atoms in total. The molecule has 0 aromatic rings. The zero-order valence-corrected chi connectivity index (χ0v) is 15.2. The van der Waals surface area contributed by atoms with Crippen LogP contribution in [0.15, 0.2) is 0 Å². The quantitative estimate of drug-likeness (QED) is 0.616. The molecule has 0 aliphatic heterocycles. The molecule has 0 aromatic heterocycles. The highest BCUT2D eigenvalue weighted by atomic mass is 16.2. The van der Waals surface area contributed by atoms with Gasteiger partial charge in [0.15, 0.2) is 0 Å². The Morgan fingerprint density at radius 3 is 1.80 bits per heavy atom. The van der Waals surface area contributed by atoms with Crippen molar-refractivity contribution in [2.75, 3.05) is 7.11 Å². The monoisotopic (exact) mass is 284 g/mol. The van der Waals surface area contributed by atoms with Crippen LogP contribution in [0.3, 0.4) is 0 Å². The van der Waals surface area contributed by atoms with Gasteiger partial charge >= 0.3 is 0 Å².